The normalized spacial score (nSPS) is 19.6. The first-order valence-electron chi connectivity index (χ1n) is 6.94. The fourth-order valence-corrected chi connectivity index (χ4v) is 3.63. The molecule has 0 aliphatic heterocycles. The van der Waals surface area contributed by atoms with Gasteiger partial charge in [0.2, 0.25) is 0 Å². The van der Waals surface area contributed by atoms with Crippen LogP contribution >= 0.6 is 11.3 Å². The highest BCUT2D eigenvalue weighted by molar-refractivity contribution is 7.11. The highest BCUT2D eigenvalue weighted by Crippen LogP contribution is 2.67. The van der Waals surface area contributed by atoms with E-state index in [1.54, 1.807) is 11.4 Å². The van der Waals surface area contributed by atoms with Crippen molar-refractivity contribution in [2.45, 2.75) is 27.7 Å². The Morgan fingerprint density at radius 3 is 2.48 bits per heavy atom. The van der Waals surface area contributed by atoms with Crippen molar-refractivity contribution in [1.29, 1.82) is 0 Å². The van der Waals surface area contributed by atoms with Crippen molar-refractivity contribution in [3.05, 3.63) is 28.0 Å². The minimum absolute atomic E-state index is 0.0975. The maximum absolute atomic E-state index is 12.1. The van der Waals surface area contributed by atoms with E-state index in [9.17, 15) is 9.59 Å². The van der Waals surface area contributed by atoms with Gasteiger partial charge in [0.1, 0.15) is 0 Å². The zero-order valence-electron chi connectivity index (χ0n) is 12.8. The monoisotopic (exact) mass is 307 g/mol. The predicted molar refractivity (Wildman–Crippen MR) is 84.4 cm³/mol. The first-order chi connectivity index (χ1) is 9.66. The Kier molecular flexibility index (Phi) is 3.97. The summed E-state index contributed by atoms with van der Waals surface area (Å²) < 4.78 is 0. The van der Waals surface area contributed by atoms with Gasteiger partial charge >= 0.3 is 5.97 Å². The van der Waals surface area contributed by atoms with Crippen molar-refractivity contribution in [1.82, 2.24) is 5.32 Å². The molecule has 1 aromatic heterocycles. The number of carboxylic acids is 1. The van der Waals surface area contributed by atoms with Crippen LogP contribution in [0.25, 0.3) is 6.08 Å². The number of thiophene rings is 1. The maximum atomic E-state index is 12.1. The molecule has 114 valence electrons. The van der Waals surface area contributed by atoms with E-state index in [1.165, 1.54) is 17.4 Å². The third-order valence-electron chi connectivity index (χ3n) is 5.06. The molecular weight excluding hydrogens is 286 g/mol. The third-order valence-corrected chi connectivity index (χ3v) is 5.96. The van der Waals surface area contributed by atoms with Gasteiger partial charge in [-0.2, -0.15) is 0 Å². The summed E-state index contributed by atoms with van der Waals surface area (Å²) in [6, 6.07) is 1.71. The number of carboxylic acid groups (broad SMARTS) is 1. The summed E-state index contributed by atoms with van der Waals surface area (Å²) in [5, 5.41) is 13.3. The van der Waals surface area contributed by atoms with Gasteiger partial charge in [0, 0.05) is 22.9 Å². The summed E-state index contributed by atoms with van der Waals surface area (Å²) >= 11 is 1.36. The van der Waals surface area contributed by atoms with Crippen molar-refractivity contribution in [2.24, 2.45) is 16.7 Å². The Morgan fingerprint density at radius 2 is 1.95 bits per heavy atom. The summed E-state index contributed by atoms with van der Waals surface area (Å²) in [6.45, 7) is 9.58. The summed E-state index contributed by atoms with van der Waals surface area (Å²) in [5.41, 5.74) is 1.09. The molecule has 1 aliphatic rings. The lowest BCUT2D eigenvalue weighted by Crippen LogP contribution is -2.26. The SMILES string of the molecule is CC1(C)C(CNC(=O)c2csc(C=CC(=O)O)c2)C1(C)C. The molecule has 0 saturated heterocycles. The van der Waals surface area contributed by atoms with Crippen LogP contribution in [0.1, 0.15) is 42.9 Å². The Bertz CT molecular complexity index is 584. The van der Waals surface area contributed by atoms with E-state index in [0.29, 0.717) is 18.0 Å². The lowest BCUT2D eigenvalue weighted by Gasteiger charge is -2.04. The first-order valence-corrected chi connectivity index (χ1v) is 7.82. The highest BCUT2D eigenvalue weighted by atomic mass is 32.1. The molecule has 0 unspecified atom stereocenters. The van der Waals surface area contributed by atoms with Crippen molar-refractivity contribution in [3.63, 3.8) is 0 Å². The second kappa shape index (κ2) is 5.30. The molecule has 0 atom stereocenters. The largest absolute Gasteiger partial charge is 0.478 e. The summed E-state index contributed by atoms with van der Waals surface area (Å²) in [4.78, 5) is 23.3. The molecule has 1 saturated carbocycles. The summed E-state index contributed by atoms with van der Waals surface area (Å²) in [6.07, 6.45) is 2.57. The molecule has 0 spiro atoms. The average Bonchev–Trinajstić information content (AvgIpc) is 2.75. The zero-order valence-corrected chi connectivity index (χ0v) is 13.6. The fourth-order valence-electron chi connectivity index (χ4n) is 2.85. The number of carbonyl (C=O) groups excluding carboxylic acids is 1. The van der Waals surface area contributed by atoms with E-state index in [4.69, 9.17) is 5.11 Å². The van der Waals surface area contributed by atoms with Crippen LogP contribution < -0.4 is 5.32 Å². The van der Waals surface area contributed by atoms with Crippen LogP contribution in [-0.2, 0) is 4.79 Å². The lowest BCUT2D eigenvalue weighted by molar-refractivity contribution is -0.131. The van der Waals surface area contributed by atoms with Crippen molar-refractivity contribution in [2.75, 3.05) is 6.54 Å². The molecule has 1 heterocycles. The topological polar surface area (TPSA) is 66.4 Å². The van der Waals surface area contributed by atoms with Gasteiger partial charge in [-0.05, 0) is 28.9 Å². The lowest BCUT2D eigenvalue weighted by atomic mass is 10.0. The van der Waals surface area contributed by atoms with Gasteiger partial charge in [0.05, 0.1) is 5.56 Å². The molecule has 21 heavy (non-hydrogen) atoms. The molecule has 1 aliphatic carbocycles. The molecule has 0 bridgehead atoms. The van der Waals surface area contributed by atoms with Crippen LogP contribution in [0.2, 0.25) is 0 Å². The zero-order chi connectivity index (χ0) is 15.8. The van der Waals surface area contributed by atoms with Gasteiger partial charge in [-0.15, -0.1) is 11.3 Å². The van der Waals surface area contributed by atoms with Crippen LogP contribution in [0.4, 0.5) is 0 Å². The minimum Gasteiger partial charge on any atom is -0.478 e. The molecule has 2 rings (SSSR count). The molecular formula is C16H21NO3S. The number of carbonyl (C=O) groups is 2. The van der Waals surface area contributed by atoms with Crippen LogP contribution in [0, 0.1) is 16.7 Å². The van der Waals surface area contributed by atoms with E-state index >= 15 is 0 Å². The second-order valence-corrected chi connectivity index (χ2v) is 7.56. The number of hydrogen-bond acceptors (Lipinski definition) is 3. The number of nitrogens with one attached hydrogen (secondary N) is 1. The molecule has 2 N–H and O–H groups in total. The molecule has 5 heteroatoms. The smallest absolute Gasteiger partial charge is 0.328 e. The molecule has 1 amide bonds. The predicted octanol–water partition coefficient (Wildman–Crippen LogP) is 3.26. The Morgan fingerprint density at radius 1 is 1.33 bits per heavy atom. The Labute approximate surface area is 128 Å². The van der Waals surface area contributed by atoms with Gasteiger partial charge in [0.15, 0.2) is 0 Å². The Hall–Kier alpha value is -1.62. The van der Waals surface area contributed by atoms with Gasteiger partial charge < -0.3 is 10.4 Å². The molecule has 4 nitrogen and oxygen atoms in total. The molecule has 0 radical (unpaired) electrons. The van der Waals surface area contributed by atoms with Gasteiger partial charge in [-0.3, -0.25) is 4.79 Å². The van der Waals surface area contributed by atoms with E-state index in [2.05, 4.69) is 33.0 Å². The fraction of sp³-hybridized carbons (Fsp3) is 0.500. The standard InChI is InChI=1S/C16H21NO3S/c1-15(2)12(16(15,3)4)8-17-14(20)10-7-11(21-9-10)5-6-13(18)19/h5-7,9,12H,8H2,1-4H3,(H,17,20)(H,18,19). The quantitative estimate of drug-likeness (QED) is 0.821. The van der Waals surface area contributed by atoms with Crippen molar-refractivity contribution < 1.29 is 14.7 Å². The van der Waals surface area contributed by atoms with Gasteiger partial charge in [-0.25, -0.2) is 4.79 Å². The first kappa shape index (κ1) is 15.8. The van der Waals surface area contributed by atoms with Crippen LogP contribution in [-0.4, -0.2) is 23.5 Å². The molecule has 1 fully saturated rings. The number of amides is 1. The van der Waals surface area contributed by atoms with Gasteiger partial charge in [0.25, 0.3) is 5.91 Å². The molecule has 1 aromatic rings. The van der Waals surface area contributed by atoms with Crippen LogP contribution in [0.15, 0.2) is 17.5 Å². The highest BCUT2D eigenvalue weighted by Gasteiger charge is 2.64. The van der Waals surface area contributed by atoms with E-state index in [1.807, 2.05) is 0 Å². The van der Waals surface area contributed by atoms with E-state index < -0.39 is 5.97 Å². The number of hydrogen-bond donors (Lipinski definition) is 2. The minimum atomic E-state index is -0.993. The third kappa shape index (κ3) is 3.02. The maximum Gasteiger partial charge on any atom is 0.328 e. The second-order valence-electron chi connectivity index (χ2n) is 6.62. The van der Waals surface area contributed by atoms with Crippen molar-refractivity contribution >= 4 is 29.3 Å². The number of rotatable bonds is 5. The molecule has 0 aromatic carbocycles. The van der Waals surface area contributed by atoms with Crippen LogP contribution in [0.5, 0.6) is 0 Å². The Balaban J connectivity index is 1.92. The van der Waals surface area contributed by atoms with E-state index in [-0.39, 0.29) is 16.7 Å². The summed E-state index contributed by atoms with van der Waals surface area (Å²) in [5.74, 6) is -0.605. The van der Waals surface area contributed by atoms with Crippen LogP contribution in [0.3, 0.4) is 0 Å². The van der Waals surface area contributed by atoms with Gasteiger partial charge in [-0.1, -0.05) is 27.7 Å². The van der Waals surface area contributed by atoms with E-state index in [0.717, 1.165) is 11.0 Å². The number of aliphatic carboxylic acids is 1. The summed E-state index contributed by atoms with van der Waals surface area (Å²) in [7, 11) is 0. The average molecular weight is 307 g/mol. The van der Waals surface area contributed by atoms with Crippen molar-refractivity contribution in [3.8, 4) is 0 Å².